The Kier molecular flexibility index (Phi) is 6.27. The second-order valence-electron chi connectivity index (χ2n) is 4.34. The van der Waals surface area contributed by atoms with Gasteiger partial charge in [0.05, 0.1) is 5.69 Å². The van der Waals surface area contributed by atoms with Gasteiger partial charge in [-0.05, 0) is 47.0 Å². The maximum atomic E-state index is 11.7. The van der Waals surface area contributed by atoms with Crippen LogP contribution in [0.4, 0.5) is 5.69 Å². The predicted molar refractivity (Wildman–Crippen MR) is 76.3 cm³/mol. The molecule has 17 heavy (non-hydrogen) atoms. The van der Waals surface area contributed by atoms with E-state index in [1.807, 2.05) is 25.1 Å². The van der Waals surface area contributed by atoms with Gasteiger partial charge in [-0.25, -0.2) is 0 Å². The van der Waals surface area contributed by atoms with Gasteiger partial charge >= 0.3 is 0 Å². The summed E-state index contributed by atoms with van der Waals surface area (Å²) >= 11 is 3.45. The number of unbranched alkanes of at least 4 members (excludes halogenated alkanes) is 3. The third kappa shape index (κ3) is 5.35. The molecule has 1 aromatic rings. The van der Waals surface area contributed by atoms with Gasteiger partial charge < -0.3 is 5.32 Å². The average molecular weight is 298 g/mol. The van der Waals surface area contributed by atoms with Crippen molar-refractivity contribution < 1.29 is 4.79 Å². The predicted octanol–water partition coefficient (Wildman–Crippen LogP) is 4.67. The largest absolute Gasteiger partial charge is 0.325 e. The minimum atomic E-state index is 0.102. The molecule has 0 aliphatic heterocycles. The van der Waals surface area contributed by atoms with Crippen LogP contribution < -0.4 is 5.32 Å². The van der Waals surface area contributed by atoms with Crippen LogP contribution in [0.3, 0.4) is 0 Å². The van der Waals surface area contributed by atoms with Crippen molar-refractivity contribution in [2.75, 3.05) is 5.32 Å². The summed E-state index contributed by atoms with van der Waals surface area (Å²) in [7, 11) is 0. The van der Waals surface area contributed by atoms with E-state index in [9.17, 15) is 4.79 Å². The zero-order chi connectivity index (χ0) is 12.7. The lowest BCUT2D eigenvalue weighted by Crippen LogP contribution is -2.11. The van der Waals surface area contributed by atoms with Gasteiger partial charge in [0.2, 0.25) is 5.91 Å². The van der Waals surface area contributed by atoms with Crippen molar-refractivity contribution in [3.8, 4) is 0 Å². The molecule has 1 N–H and O–H groups in total. The van der Waals surface area contributed by atoms with Gasteiger partial charge in [0.25, 0.3) is 0 Å². The third-order valence-electron chi connectivity index (χ3n) is 2.66. The molecule has 0 bridgehead atoms. The van der Waals surface area contributed by atoms with Gasteiger partial charge in [0, 0.05) is 10.9 Å². The van der Waals surface area contributed by atoms with Crippen molar-refractivity contribution in [2.24, 2.45) is 0 Å². The third-order valence-corrected chi connectivity index (χ3v) is 3.31. The Hall–Kier alpha value is -0.830. The maximum absolute atomic E-state index is 11.7. The van der Waals surface area contributed by atoms with E-state index < -0.39 is 0 Å². The van der Waals surface area contributed by atoms with Crippen molar-refractivity contribution in [1.29, 1.82) is 0 Å². The van der Waals surface area contributed by atoms with Crippen molar-refractivity contribution in [3.05, 3.63) is 28.2 Å². The van der Waals surface area contributed by atoms with Crippen LogP contribution in [0.5, 0.6) is 0 Å². The molecule has 2 nitrogen and oxygen atoms in total. The lowest BCUT2D eigenvalue weighted by Gasteiger charge is -2.08. The van der Waals surface area contributed by atoms with Crippen LogP contribution in [0.2, 0.25) is 0 Å². The van der Waals surface area contributed by atoms with Crippen LogP contribution in [0.1, 0.15) is 44.6 Å². The van der Waals surface area contributed by atoms with Crippen LogP contribution in [-0.2, 0) is 4.79 Å². The Bertz CT molecular complexity index is 376. The summed E-state index contributed by atoms with van der Waals surface area (Å²) in [6.45, 7) is 4.20. The molecule has 0 saturated heterocycles. The smallest absolute Gasteiger partial charge is 0.224 e. The first-order chi connectivity index (χ1) is 8.13. The zero-order valence-electron chi connectivity index (χ0n) is 10.6. The number of halogens is 1. The molecule has 0 unspecified atom stereocenters. The summed E-state index contributed by atoms with van der Waals surface area (Å²) in [5.74, 6) is 0.102. The highest BCUT2D eigenvalue weighted by molar-refractivity contribution is 9.10. The Morgan fingerprint density at radius 3 is 2.71 bits per heavy atom. The second kappa shape index (κ2) is 7.49. The minimum Gasteiger partial charge on any atom is -0.325 e. The molecule has 0 spiro atoms. The fourth-order valence-corrected chi connectivity index (χ4v) is 2.24. The standard InChI is InChI=1S/C14H20BrNO/c1-3-4-5-6-7-14(17)16-13-9-8-11(2)10-12(13)15/h8-10H,3-7H2,1-2H3,(H,16,17). The van der Waals surface area contributed by atoms with E-state index in [4.69, 9.17) is 0 Å². The quantitative estimate of drug-likeness (QED) is 0.760. The topological polar surface area (TPSA) is 29.1 Å². The highest BCUT2D eigenvalue weighted by Crippen LogP contribution is 2.23. The number of anilines is 1. The number of amides is 1. The molecule has 0 heterocycles. The number of rotatable bonds is 6. The Labute approximate surface area is 112 Å². The Balaban J connectivity index is 2.40. The van der Waals surface area contributed by atoms with Crippen molar-refractivity contribution >= 4 is 27.5 Å². The number of aryl methyl sites for hydroxylation is 1. The van der Waals surface area contributed by atoms with E-state index in [0.717, 1.165) is 23.0 Å². The fraction of sp³-hybridized carbons (Fsp3) is 0.500. The molecule has 0 aromatic heterocycles. The van der Waals surface area contributed by atoms with Crippen molar-refractivity contribution in [1.82, 2.24) is 0 Å². The number of carbonyl (C=O) groups excluding carboxylic acids is 1. The van der Waals surface area contributed by atoms with Crippen LogP contribution >= 0.6 is 15.9 Å². The summed E-state index contributed by atoms with van der Waals surface area (Å²) in [5.41, 5.74) is 2.04. The molecule has 3 heteroatoms. The second-order valence-corrected chi connectivity index (χ2v) is 5.20. The maximum Gasteiger partial charge on any atom is 0.224 e. The number of hydrogen-bond donors (Lipinski definition) is 1. The SMILES string of the molecule is CCCCCCC(=O)Nc1ccc(C)cc1Br. The van der Waals surface area contributed by atoms with Gasteiger partial charge in [-0.3, -0.25) is 4.79 Å². The molecular weight excluding hydrogens is 278 g/mol. The summed E-state index contributed by atoms with van der Waals surface area (Å²) in [6, 6.07) is 5.94. The first-order valence-corrected chi connectivity index (χ1v) is 6.98. The molecule has 94 valence electrons. The molecule has 0 radical (unpaired) electrons. The van der Waals surface area contributed by atoms with Gasteiger partial charge in [0.1, 0.15) is 0 Å². The monoisotopic (exact) mass is 297 g/mol. The molecule has 0 aliphatic rings. The fourth-order valence-electron chi connectivity index (χ4n) is 1.65. The average Bonchev–Trinajstić information content (AvgIpc) is 2.28. The molecule has 1 aromatic carbocycles. The highest BCUT2D eigenvalue weighted by atomic mass is 79.9. The van der Waals surface area contributed by atoms with Crippen LogP contribution in [0.15, 0.2) is 22.7 Å². The highest BCUT2D eigenvalue weighted by Gasteiger charge is 2.05. The van der Waals surface area contributed by atoms with E-state index in [1.165, 1.54) is 18.4 Å². The summed E-state index contributed by atoms with van der Waals surface area (Å²) in [5, 5.41) is 2.93. The van der Waals surface area contributed by atoms with Crippen molar-refractivity contribution in [2.45, 2.75) is 46.0 Å². The number of hydrogen-bond acceptors (Lipinski definition) is 1. The van der Waals surface area contributed by atoms with Crippen molar-refractivity contribution in [3.63, 3.8) is 0 Å². The number of benzene rings is 1. The molecule has 0 atom stereocenters. The first kappa shape index (κ1) is 14.2. The molecule has 0 saturated carbocycles. The van der Waals surface area contributed by atoms with Crippen LogP contribution in [0.25, 0.3) is 0 Å². The van der Waals surface area contributed by atoms with Gasteiger partial charge in [-0.15, -0.1) is 0 Å². The molecular formula is C14H20BrNO. The van der Waals surface area contributed by atoms with E-state index in [1.54, 1.807) is 0 Å². The molecule has 0 fully saturated rings. The number of carbonyl (C=O) groups is 1. The van der Waals surface area contributed by atoms with E-state index in [-0.39, 0.29) is 5.91 Å². The Morgan fingerprint density at radius 2 is 2.06 bits per heavy atom. The lowest BCUT2D eigenvalue weighted by molar-refractivity contribution is -0.116. The molecule has 0 aliphatic carbocycles. The minimum absolute atomic E-state index is 0.102. The van der Waals surface area contributed by atoms with Crippen LogP contribution in [0, 0.1) is 6.92 Å². The molecule has 1 rings (SSSR count). The van der Waals surface area contributed by atoms with Gasteiger partial charge in [-0.1, -0.05) is 32.3 Å². The first-order valence-electron chi connectivity index (χ1n) is 6.19. The summed E-state index contributed by atoms with van der Waals surface area (Å²) < 4.78 is 0.944. The normalized spacial score (nSPS) is 10.3. The lowest BCUT2D eigenvalue weighted by atomic mass is 10.1. The van der Waals surface area contributed by atoms with E-state index >= 15 is 0 Å². The summed E-state index contributed by atoms with van der Waals surface area (Å²) in [4.78, 5) is 11.7. The van der Waals surface area contributed by atoms with Crippen LogP contribution in [-0.4, -0.2) is 5.91 Å². The molecule has 1 amide bonds. The summed E-state index contributed by atoms with van der Waals surface area (Å²) in [6.07, 6.45) is 5.13. The van der Waals surface area contributed by atoms with E-state index in [0.29, 0.717) is 6.42 Å². The van der Waals surface area contributed by atoms with Gasteiger partial charge in [-0.2, -0.15) is 0 Å². The number of nitrogens with one attached hydrogen (secondary N) is 1. The van der Waals surface area contributed by atoms with E-state index in [2.05, 4.69) is 28.2 Å². The zero-order valence-corrected chi connectivity index (χ0v) is 12.1. The Morgan fingerprint density at radius 1 is 1.29 bits per heavy atom. The van der Waals surface area contributed by atoms with Gasteiger partial charge in [0.15, 0.2) is 0 Å².